The fourth-order valence-electron chi connectivity index (χ4n) is 3.75. The molecule has 2 aliphatic rings. The molecule has 2 fully saturated rings. The number of benzene rings is 1. The summed E-state index contributed by atoms with van der Waals surface area (Å²) in [5, 5.41) is 0. The molecule has 6 heteroatoms. The molecule has 0 N–H and O–H groups in total. The molecule has 0 unspecified atom stereocenters. The summed E-state index contributed by atoms with van der Waals surface area (Å²) in [5.41, 5.74) is 0.697. The Kier molecular flexibility index (Phi) is 5.86. The van der Waals surface area contributed by atoms with Crippen LogP contribution in [-0.4, -0.2) is 62.1 Å². The van der Waals surface area contributed by atoms with Crippen molar-refractivity contribution in [2.45, 2.75) is 31.7 Å². The molecular formula is C18H25IN2O3. The molecule has 1 aromatic carbocycles. The van der Waals surface area contributed by atoms with Crippen LogP contribution in [0.1, 0.15) is 36.0 Å². The third-order valence-corrected chi connectivity index (χ3v) is 6.04. The van der Waals surface area contributed by atoms with Gasteiger partial charge in [-0.1, -0.05) is 12.8 Å². The maximum absolute atomic E-state index is 12.9. The zero-order chi connectivity index (χ0) is 17.1. The van der Waals surface area contributed by atoms with Crippen LogP contribution >= 0.6 is 22.6 Å². The zero-order valence-corrected chi connectivity index (χ0v) is 16.5. The van der Waals surface area contributed by atoms with Gasteiger partial charge in [-0.05, 0) is 47.6 Å². The summed E-state index contributed by atoms with van der Waals surface area (Å²) in [5.74, 6) is 1.35. The van der Waals surface area contributed by atoms with Gasteiger partial charge in [0.05, 0.1) is 19.8 Å². The second-order valence-corrected chi connectivity index (χ2v) is 7.62. The Bertz CT molecular complexity index is 594. The number of piperazine rings is 1. The topological polar surface area (TPSA) is 42.0 Å². The number of halogens is 1. The highest BCUT2D eigenvalue weighted by atomic mass is 127. The summed E-state index contributed by atoms with van der Waals surface area (Å²) in [4.78, 5) is 17.5. The second kappa shape index (κ2) is 7.91. The van der Waals surface area contributed by atoms with E-state index in [4.69, 9.17) is 9.47 Å². The predicted molar refractivity (Wildman–Crippen MR) is 102 cm³/mol. The van der Waals surface area contributed by atoms with Gasteiger partial charge in [-0.2, -0.15) is 0 Å². The number of hydrogen-bond acceptors (Lipinski definition) is 4. The number of carbonyl (C=O) groups excluding carboxylic acids is 1. The van der Waals surface area contributed by atoms with Gasteiger partial charge in [-0.3, -0.25) is 9.69 Å². The van der Waals surface area contributed by atoms with E-state index in [2.05, 4.69) is 27.5 Å². The molecule has 132 valence electrons. The summed E-state index contributed by atoms with van der Waals surface area (Å²) in [7, 11) is 3.21. The van der Waals surface area contributed by atoms with E-state index in [1.54, 1.807) is 20.3 Å². The number of hydrogen-bond donors (Lipinski definition) is 0. The molecule has 1 amide bonds. The molecule has 0 bridgehead atoms. The fraction of sp³-hybridized carbons (Fsp3) is 0.611. The van der Waals surface area contributed by atoms with Gasteiger partial charge in [0.2, 0.25) is 0 Å². The predicted octanol–water partition coefficient (Wildman–Crippen LogP) is 3.01. The van der Waals surface area contributed by atoms with Crippen LogP contribution in [0.2, 0.25) is 0 Å². The SMILES string of the molecule is COc1cc(I)c(C(=O)N2CCN(C3CCCC3)CC2)cc1OC. The van der Waals surface area contributed by atoms with Gasteiger partial charge < -0.3 is 14.4 Å². The van der Waals surface area contributed by atoms with Gasteiger partial charge in [0, 0.05) is 35.8 Å². The molecule has 1 aromatic rings. The molecule has 0 spiro atoms. The highest BCUT2D eigenvalue weighted by Gasteiger charge is 2.29. The van der Waals surface area contributed by atoms with Gasteiger partial charge >= 0.3 is 0 Å². The first kappa shape index (κ1) is 17.8. The monoisotopic (exact) mass is 444 g/mol. The maximum atomic E-state index is 12.9. The Hall–Kier alpha value is -1.02. The van der Waals surface area contributed by atoms with E-state index in [1.807, 2.05) is 11.0 Å². The minimum atomic E-state index is 0.0893. The molecular weight excluding hydrogens is 419 g/mol. The Balaban J connectivity index is 1.69. The Labute approximate surface area is 157 Å². The number of amides is 1. The van der Waals surface area contributed by atoms with E-state index < -0.39 is 0 Å². The van der Waals surface area contributed by atoms with Crippen molar-refractivity contribution in [2.24, 2.45) is 0 Å². The summed E-state index contributed by atoms with van der Waals surface area (Å²) >= 11 is 2.20. The standard InChI is InChI=1S/C18H25IN2O3/c1-23-16-11-14(15(19)12-17(16)24-2)18(22)21-9-7-20(8-10-21)13-5-3-4-6-13/h11-13H,3-10H2,1-2H3. The van der Waals surface area contributed by atoms with Crippen LogP contribution in [0.5, 0.6) is 11.5 Å². The second-order valence-electron chi connectivity index (χ2n) is 6.45. The van der Waals surface area contributed by atoms with Crippen LogP contribution < -0.4 is 9.47 Å². The van der Waals surface area contributed by atoms with E-state index >= 15 is 0 Å². The lowest BCUT2D eigenvalue weighted by molar-refractivity contribution is 0.0572. The van der Waals surface area contributed by atoms with Crippen LogP contribution in [0.3, 0.4) is 0 Å². The highest BCUT2D eigenvalue weighted by Crippen LogP contribution is 2.32. The average Bonchev–Trinajstić information content (AvgIpc) is 3.15. The van der Waals surface area contributed by atoms with E-state index in [9.17, 15) is 4.79 Å². The minimum Gasteiger partial charge on any atom is -0.493 e. The van der Waals surface area contributed by atoms with Crippen molar-refractivity contribution in [1.29, 1.82) is 0 Å². The molecule has 24 heavy (non-hydrogen) atoms. The van der Waals surface area contributed by atoms with Crippen LogP contribution in [0.15, 0.2) is 12.1 Å². The average molecular weight is 444 g/mol. The third kappa shape index (κ3) is 3.64. The lowest BCUT2D eigenvalue weighted by atomic mass is 10.1. The normalized spacial score (nSPS) is 19.5. The summed E-state index contributed by atoms with van der Waals surface area (Å²) in [6, 6.07) is 4.40. The first-order valence-corrected chi connectivity index (χ1v) is 9.66. The van der Waals surface area contributed by atoms with Crippen molar-refractivity contribution >= 4 is 28.5 Å². The first-order valence-electron chi connectivity index (χ1n) is 8.59. The zero-order valence-electron chi connectivity index (χ0n) is 14.4. The maximum Gasteiger partial charge on any atom is 0.255 e. The van der Waals surface area contributed by atoms with Crippen LogP contribution in [0.4, 0.5) is 0 Å². The highest BCUT2D eigenvalue weighted by molar-refractivity contribution is 14.1. The van der Waals surface area contributed by atoms with Crippen LogP contribution in [0, 0.1) is 3.57 Å². The lowest BCUT2D eigenvalue weighted by Gasteiger charge is -2.38. The molecule has 1 aliphatic heterocycles. The molecule has 0 radical (unpaired) electrons. The number of nitrogens with zero attached hydrogens (tertiary/aromatic N) is 2. The smallest absolute Gasteiger partial charge is 0.255 e. The minimum absolute atomic E-state index is 0.0893. The number of rotatable bonds is 4. The van der Waals surface area contributed by atoms with Crippen molar-refractivity contribution in [2.75, 3.05) is 40.4 Å². The largest absolute Gasteiger partial charge is 0.493 e. The third-order valence-electron chi connectivity index (χ3n) is 5.15. The quantitative estimate of drug-likeness (QED) is 0.670. The van der Waals surface area contributed by atoms with Crippen molar-refractivity contribution < 1.29 is 14.3 Å². The van der Waals surface area contributed by atoms with Crippen LogP contribution in [0.25, 0.3) is 0 Å². The summed E-state index contributed by atoms with van der Waals surface area (Å²) in [6.45, 7) is 3.58. The number of ether oxygens (including phenoxy) is 2. The lowest BCUT2D eigenvalue weighted by Crippen LogP contribution is -2.51. The Morgan fingerprint density at radius 1 is 1.04 bits per heavy atom. The summed E-state index contributed by atoms with van der Waals surface area (Å²) < 4.78 is 11.6. The van der Waals surface area contributed by atoms with Crippen molar-refractivity contribution in [1.82, 2.24) is 9.80 Å². The number of methoxy groups -OCH3 is 2. The number of carbonyl (C=O) groups is 1. The Morgan fingerprint density at radius 2 is 1.62 bits per heavy atom. The molecule has 1 heterocycles. The molecule has 0 atom stereocenters. The van der Waals surface area contributed by atoms with E-state index in [0.717, 1.165) is 35.8 Å². The molecule has 1 aliphatic carbocycles. The first-order chi connectivity index (χ1) is 11.6. The molecule has 1 saturated carbocycles. The van der Waals surface area contributed by atoms with Crippen molar-refractivity contribution in [3.8, 4) is 11.5 Å². The van der Waals surface area contributed by atoms with Crippen LogP contribution in [-0.2, 0) is 0 Å². The molecule has 5 nitrogen and oxygen atoms in total. The van der Waals surface area contributed by atoms with E-state index in [0.29, 0.717) is 17.1 Å². The van der Waals surface area contributed by atoms with Crippen molar-refractivity contribution in [3.63, 3.8) is 0 Å². The van der Waals surface area contributed by atoms with Gasteiger partial charge in [-0.25, -0.2) is 0 Å². The van der Waals surface area contributed by atoms with Crippen molar-refractivity contribution in [3.05, 3.63) is 21.3 Å². The van der Waals surface area contributed by atoms with E-state index in [1.165, 1.54) is 25.7 Å². The van der Waals surface area contributed by atoms with Gasteiger partial charge in [0.25, 0.3) is 5.91 Å². The molecule has 0 aromatic heterocycles. The molecule has 1 saturated heterocycles. The summed E-state index contributed by atoms with van der Waals surface area (Å²) in [6.07, 6.45) is 5.35. The molecule has 3 rings (SSSR count). The Morgan fingerprint density at radius 3 is 2.21 bits per heavy atom. The van der Waals surface area contributed by atoms with Gasteiger partial charge in [-0.15, -0.1) is 0 Å². The van der Waals surface area contributed by atoms with Gasteiger partial charge in [0.1, 0.15) is 0 Å². The fourth-order valence-corrected chi connectivity index (χ4v) is 4.42. The van der Waals surface area contributed by atoms with Gasteiger partial charge in [0.15, 0.2) is 11.5 Å². The van der Waals surface area contributed by atoms with E-state index in [-0.39, 0.29) is 5.91 Å².